The van der Waals surface area contributed by atoms with Gasteiger partial charge in [0.05, 0.1) is 22.0 Å². The van der Waals surface area contributed by atoms with Crippen LogP contribution in [0.4, 0.5) is 11.4 Å². The number of amides is 1. The lowest BCUT2D eigenvalue weighted by Gasteiger charge is -2.12. The van der Waals surface area contributed by atoms with E-state index in [1.54, 1.807) is 25.2 Å². The smallest absolute Gasteiger partial charge is 0.259 e. The monoisotopic (exact) mass is 323 g/mol. The molecule has 0 spiro atoms. The van der Waals surface area contributed by atoms with Crippen molar-refractivity contribution >= 4 is 40.5 Å². The lowest BCUT2D eigenvalue weighted by Crippen LogP contribution is -2.15. The number of aromatic nitrogens is 1. The molecular formula is C15H15Cl2N3O. The van der Waals surface area contributed by atoms with Crippen LogP contribution in [0.15, 0.2) is 24.4 Å². The van der Waals surface area contributed by atoms with Crippen molar-refractivity contribution in [2.24, 2.45) is 0 Å². The van der Waals surface area contributed by atoms with Gasteiger partial charge in [-0.05, 0) is 37.6 Å². The van der Waals surface area contributed by atoms with Crippen LogP contribution in [0.25, 0.3) is 0 Å². The minimum Gasteiger partial charge on any atom is -0.387 e. The number of rotatable bonds is 3. The van der Waals surface area contributed by atoms with Crippen molar-refractivity contribution in [2.45, 2.75) is 13.8 Å². The molecule has 0 radical (unpaired) electrons. The second kappa shape index (κ2) is 6.33. The lowest BCUT2D eigenvalue weighted by atomic mass is 10.1. The van der Waals surface area contributed by atoms with Crippen LogP contribution in [-0.4, -0.2) is 17.9 Å². The topological polar surface area (TPSA) is 54.0 Å². The molecule has 6 heteroatoms. The van der Waals surface area contributed by atoms with Gasteiger partial charge in [-0.1, -0.05) is 23.2 Å². The van der Waals surface area contributed by atoms with Gasteiger partial charge in [-0.15, -0.1) is 0 Å². The molecule has 0 aliphatic carbocycles. The van der Waals surface area contributed by atoms with Crippen LogP contribution in [0, 0.1) is 13.8 Å². The molecule has 0 aliphatic heterocycles. The Labute approximate surface area is 133 Å². The largest absolute Gasteiger partial charge is 0.387 e. The maximum atomic E-state index is 12.4. The second-order valence-corrected chi connectivity index (χ2v) is 5.47. The SMILES string of the molecule is CNc1cc(C)ncc1C(=O)Nc1cc(Cl)c(C)cc1Cl. The van der Waals surface area contributed by atoms with Gasteiger partial charge < -0.3 is 10.6 Å². The number of halogens is 2. The number of hydrogen-bond acceptors (Lipinski definition) is 3. The van der Waals surface area contributed by atoms with Crippen LogP contribution in [0.3, 0.4) is 0 Å². The summed E-state index contributed by atoms with van der Waals surface area (Å²) in [6, 6.07) is 5.16. The van der Waals surface area contributed by atoms with E-state index in [9.17, 15) is 4.79 Å². The van der Waals surface area contributed by atoms with Gasteiger partial charge >= 0.3 is 0 Å². The third-order valence-corrected chi connectivity index (χ3v) is 3.77. The summed E-state index contributed by atoms with van der Waals surface area (Å²) in [6.07, 6.45) is 1.53. The summed E-state index contributed by atoms with van der Waals surface area (Å²) >= 11 is 12.2. The molecule has 21 heavy (non-hydrogen) atoms. The van der Waals surface area contributed by atoms with E-state index in [1.165, 1.54) is 6.20 Å². The van der Waals surface area contributed by atoms with Gasteiger partial charge in [0.15, 0.2) is 0 Å². The summed E-state index contributed by atoms with van der Waals surface area (Å²) in [5, 5.41) is 6.72. The summed E-state index contributed by atoms with van der Waals surface area (Å²) in [4.78, 5) is 16.5. The van der Waals surface area contributed by atoms with E-state index >= 15 is 0 Å². The average Bonchev–Trinajstić information content (AvgIpc) is 2.44. The second-order valence-electron chi connectivity index (χ2n) is 4.66. The number of carbonyl (C=O) groups is 1. The molecule has 1 aromatic carbocycles. The predicted octanol–water partition coefficient (Wildman–Crippen LogP) is 4.30. The summed E-state index contributed by atoms with van der Waals surface area (Å²) in [6.45, 7) is 3.71. The Balaban J connectivity index is 2.32. The van der Waals surface area contributed by atoms with Crippen molar-refractivity contribution in [3.05, 3.63) is 51.3 Å². The summed E-state index contributed by atoms with van der Waals surface area (Å²) < 4.78 is 0. The Bertz CT molecular complexity index is 702. The highest BCUT2D eigenvalue weighted by Crippen LogP contribution is 2.29. The van der Waals surface area contributed by atoms with Gasteiger partial charge in [-0.25, -0.2) is 0 Å². The molecule has 110 valence electrons. The number of aryl methyl sites for hydroxylation is 2. The van der Waals surface area contributed by atoms with Gasteiger partial charge in [-0.3, -0.25) is 9.78 Å². The fraction of sp³-hybridized carbons (Fsp3) is 0.200. The number of pyridine rings is 1. The summed E-state index contributed by atoms with van der Waals surface area (Å²) in [5.74, 6) is -0.298. The van der Waals surface area contributed by atoms with Crippen LogP contribution >= 0.6 is 23.2 Å². The van der Waals surface area contributed by atoms with E-state index in [0.717, 1.165) is 11.3 Å². The first-order chi connectivity index (χ1) is 9.92. The molecule has 0 bridgehead atoms. The number of nitrogens with zero attached hydrogens (tertiary/aromatic N) is 1. The van der Waals surface area contributed by atoms with Crippen molar-refractivity contribution in [3.8, 4) is 0 Å². The van der Waals surface area contributed by atoms with E-state index in [4.69, 9.17) is 23.2 Å². The van der Waals surface area contributed by atoms with Gasteiger partial charge in [0.25, 0.3) is 5.91 Å². The van der Waals surface area contributed by atoms with Crippen molar-refractivity contribution in [1.29, 1.82) is 0 Å². The summed E-state index contributed by atoms with van der Waals surface area (Å²) in [7, 11) is 1.75. The highest BCUT2D eigenvalue weighted by molar-refractivity contribution is 6.36. The zero-order chi connectivity index (χ0) is 15.6. The number of benzene rings is 1. The van der Waals surface area contributed by atoms with Crippen LogP contribution in [0.5, 0.6) is 0 Å². The molecule has 2 rings (SSSR count). The number of carbonyl (C=O) groups excluding carboxylic acids is 1. The van der Waals surface area contributed by atoms with Crippen molar-refractivity contribution in [3.63, 3.8) is 0 Å². The van der Waals surface area contributed by atoms with E-state index < -0.39 is 0 Å². The third kappa shape index (κ3) is 3.46. The Kier molecular flexibility index (Phi) is 4.70. The fourth-order valence-corrected chi connectivity index (χ4v) is 2.31. The fourth-order valence-electron chi connectivity index (χ4n) is 1.88. The number of hydrogen-bond donors (Lipinski definition) is 2. The van der Waals surface area contributed by atoms with Crippen LogP contribution in [0.2, 0.25) is 10.0 Å². The van der Waals surface area contributed by atoms with Crippen LogP contribution in [0.1, 0.15) is 21.6 Å². The molecule has 0 saturated heterocycles. The molecule has 0 aliphatic rings. The van der Waals surface area contributed by atoms with Gasteiger partial charge in [0.2, 0.25) is 0 Å². The maximum Gasteiger partial charge on any atom is 0.259 e. The van der Waals surface area contributed by atoms with Crippen LogP contribution < -0.4 is 10.6 Å². The van der Waals surface area contributed by atoms with Gasteiger partial charge in [-0.2, -0.15) is 0 Å². The molecule has 4 nitrogen and oxygen atoms in total. The third-order valence-electron chi connectivity index (χ3n) is 3.05. The first-order valence-corrected chi connectivity index (χ1v) is 7.09. The first-order valence-electron chi connectivity index (χ1n) is 6.33. The van der Waals surface area contributed by atoms with Gasteiger partial charge in [0.1, 0.15) is 0 Å². The molecule has 0 atom stereocenters. The molecule has 1 aromatic heterocycles. The maximum absolute atomic E-state index is 12.4. The Morgan fingerprint density at radius 3 is 2.48 bits per heavy atom. The molecule has 0 saturated carbocycles. The Hall–Kier alpha value is -1.78. The predicted molar refractivity (Wildman–Crippen MR) is 87.7 cm³/mol. The van der Waals surface area contributed by atoms with Crippen LogP contribution in [-0.2, 0) is 0 Å². The minimum atomic E-state index is -0.298. The van der Waals surface area contributed by atoms with E-state index in [0.29, 0.717) is 27.0 Å². The van der Waals surface area contributed by atoms with Crippen molar-refractivity contribution in [2.75, 3.05) is 17.7 Å². The van der Waals surface area contributed by atoms with Crippen molar-refractivity contribution in [1.82, 2.24) is 4.98 Å². The lowest BCUT2D eigenvalue weighted by molar-refractivity contribution is 0.102. The molecular weight excluding hydrogens is 309 g/mol. The normalized spacial score (nSPS) is 10.3. The minimum absolute atomic E-state index is 0.298. The zero-order valence-corrected chi connectivity index (χ0v) is 13.4. The standard InChI is InChI=1S/C15H15Cl2N3O/c1-8-4-12(17)14(6-11(8)16)20-15(21)10-7-19-9(2)5-13(10)18-3/h4-7H,1-3H3,(H,18,19)(H,20,21). The number of anilines is 2. The molecule has 0 unspecified atom stereocenters. The molecule has 0 fully saturated rings. The van der Waals surface area contributed by atoms with E-state index in [-0.39, 0.29) is 5.91 Å². The van der Waals surface area contributed by atoms with E-state index in [1.807, 2.05) is 13.8 Å². The van der Waals surface area contributed by atoms with Crippen molar-refractivity contribution < 1.29 is 4.79 Å². The molecule has 1 amide bonds. The molecule has 2 N–H and O–H groups in total. The average molecular weight is 324 g/mol. The quantitative estimate of drug-likeness (QED) is 0.885. The Morgan fingerprint density at radius 2 is 1.81 bits per heavy atom. The zero-order valence-electron chi connectivity index (χ0n) is 11.9. The summed E-state index contributed by atoms with van der Waals surface area (Å²) in [5.41, 5.74) is 3.30. The first kappa shape index (κ1) is 15.6. The molecule has 2 aromatic rings. The van der Waals surface area contributed by atoms with Gasteiger partial charge in [0, 0.05) is 24.0 Å². The van der Waals surface area contributed by atoms with E-state index in [2.05, 4.69) is 15.6 Å². The highest BCUT2D eigenvalue weighted by Gasteiger charge is 2.14. The molecule has 1 heterocycles. The number of nitrogens with one attached hydrogen (secondary N) is 2. The Morgan fingerprint density at radius 1 is 1.10 bits per heavy atom. The highest BCUT2D eigenvalue weighted by atomic mass is 35.5.